The van der Waals surface area contributed by atoms with E-state index in [9.17, 15) is 9.59 Å². The third kappa shape index (κ3) is 2.49. The van der Waals surface area contributed by atoms with Gasteiger partial charge in [-0.3, -0.25) is 4.79 Å². The van der Waals surface area contributed by atoms with Gasteiger partial charge in [0, 0.05) is 17.4 Å². The molecule has 0 saturated heterocycles. The number of ketones is 1. The van der Waals surface area contributed by atoms with Crippen molar-refractivity contribution in [1.29, 1.82) is 0 Å². The lowest BCUT2D eigenvalue weighted by atomic mass is 10.0. The van der Waals surface area contributed by atoms with Gasteiger partial charge >= 0.3 is 5.63 Å². The molecule has 0 aliphatic carbocycles. The molecule has 0 radical (unpaired) electrons. The molecule has 2 aromatic rings. The maximum atomic E-state index is 11.9. The quantitative estimate of drug-likeness (QED) is 0.372. The molecule has 4 N–H and O–H groups in total. The Labute approximate surface area is 109 Å². The predicted molar refractivity (Wildman–Crippen MR) is 72.5 cm³/mol. The summed E-state index contributed by atoms with van der Waals surface area (Å²) >= 11 is 0. The molecule has 0 aliphatic heterocycles. The highest BCUT2D eigenvalue weighted by molar-refractivity contribution is 5.99. The average Bonchev–Trinajstić information content (AvgIpc) is 2.36. The number of nitrogens with two attached hydrogens (primary N) is 2. The van der Waals surface area contributed by atoms with Gasteiger partial charge in [0.15, 0.2) is 5.78 Å². The van der Waals surface area contributed by atoms with Crippen LogP contribution in [0.1, 0.15) is 24.2 Å². The summed E-state index contributed by atoms with van der Waals surface area (Å²) in [6.45, 7) is 3.46. The van der Waals surface area contributed by atoms with Gasteiger partial charge in [-0.15, -0.1) is 0 Å². The number of hydrogen-bond donors (Lipinski definition) is 2. The molecule has 0 unspecified atom stereocenters. The van der Waals surface area contributed by atoms with Gasteiger partial charge in [-0.1, -0.05) is 13.8 Å². The smallest absolute Gasteiger partial charge is 0.347 e. The van der Waals surface area contributed by atoms with Crippen molar-refractivity contribution in [3.8, 4) is 0 Å². The predicted octanol–water partition coefficient (Wildman–Crippen LogP) is 1.19. The SMILES string of the molecule is CC(C)C(=O)c1cc2ccc(N(N)N)cc2oc1=O. The second kappa shape index (κ2) is 4.83. The van der Waals surface area contributed by atoms with E-state index in [1.165, 1.54) is 6.07 Å². The Kier molecular flexibility index (Phi) is 3.37. The van der Waals surface area contributed by atoms with Gasteiger partial charge < -0.3 is 4.42 Å². The molecule has 0 spiro atoms. The summed E-state index contributed by atoms with van der Waals surface area (Å²) < 4.78 is 5.14. The molecule has 0 atom stereocenters. The molecule has 0 aliphatic rings. The first-order chi connectivity index (χ1) is 8.90. The Morgan fingerprint density at radius 2 is 1.95 bits per heavy atom. The molecular formula is C13H15N3O3. The van der Waals surface area contributed by atoms with E-state index in [1.807, 2.05) is 0 Å². The van der Waals surface area contributed by atoms with Crippen molar-refractivity contribution < 1.29 is 9.21 Å². The number of carbonyl (C=O) groups is 1. The summed E-state index contributed by atoms with van der Waals surface area (Å²) in [6, 6.07) is 6.44. The first-order valence-electron chi connectivity index (χ1n) is 5.82. The molecule has 0 bridgehead atoms. The largest absolute Gasteiger partial charge is 0.422 e. The number of benzene rings is 1. The van der Waals surface area contributed by atoms with Crippen LogP contribution in [0.3, 0.4) is 0 Å². The second-order valence-electron chi connectivity index (χ2n) is 4.60. The van der Waals surface area contributed by atoms with Crippen LogP contribution in [0.25, 0.3) is 11.0 Å². The van der Waals surface area contributed by atoms with Gasteiger partial charge in [-0.05, 0) is 18.2 Å². The van der Waals surface area contributed by atoms with Crippen molar-refractivity contribution in [3.63, 3.8) is 0 Å². The van der Waals surface area contributed by atoms with Crippen LogP contribution in [0.4, 0.5) is 5.69 Å². The van der Waals surface area contributed by atoms with Gasteiger partial charge in [0.2, 0.25) is 0 Å². The zero-order valence-corrected chi connectivity index (χ0v) is 10.7. The van der Waals surface area contributed by atoms with Crippen LogP contribution in [0.5, 0.6) is 0 Å². The van der Waals surface area contributed by atoms with Gasteiger partial charge in [-0.25, -0.2) is 21.6 Å². The maximum absolute atomic E-state index is 11.9. The number of nitrogens with zero attached hydrogens (tertiary/aromatic N) is 1. The Balaban J connectivity index is 2.62. The zero-order valence-electron chi connectivity index (χ0n) is 10.7. The summed E-state index contributed by atoms with van der Waals surface area (Å²) in [5.74, 6) is 10.3. The summed E-state index contributed by atoms with van der Waals surface area (Å²) in [7, 11) is 0. The fourth-order valence-electron chi connectivity index (χ4n) is 1.74. The van der Waals surface area contributed by atoms with Gasteiger partial charge in [0.1, 0.15) is 11.1 Å². The summed E-state index contributed by atoms with van der Waals surface area (Å²) in [6.07, 6.45) is 0. The van der Waals surface area contributed by atoms with Crippen LogP contribution < -0.4 is 22.4 Å². The van der Waals surface area contributed by atoms with Crippen LogP contribution in [0, 0.1) is 5.92 Å². The lowest BCUT2D eigenvalue weighted by Gasteiger charge is -2.11. The molecule has 19 heavy (non-hydrogen) atoms. The minimum Gasteiger partial charge on any atom is -0.422 e. The molecular weight excluding hydrogens is 246 g/mol. The highest BCUT2D eigenvalue weighted by atomic mass is 16.4. The van der Waals surface area contributed by atoms with E-state index in [2.05, 4.69) is 0 Å². The Hall–Kier alpha value is -2.18. The van der Waals surface area contributed by atoms with Crippen molar-refractivity contribution in [2.24, 2.45) is 17.6 Å². The minimum atomic E-state index is -0.649. The monoisotopic (exact) mass is 261 g/mol. The van der Waals surface area contributed by atoms with Crippen LogP contribution >= 0.6 is 0 Å². The maximum Gasteiger partial charge on any atom is 0.347 e. The minimum absolute atomic E-state index is 0.0626. The first kappa shape index (κ1) is 13.3. The van der Waals surface area contributed by atoms with E-state index in [0.717, 1.165) is 5.12 Å². The molecule has 0 fully saturated rings. The van der Waals surface area contributed by atoms with Crippen molar-refractivity contribution in [3.05, 3.63) is 40.2 Å². The number of hydrogen-bond acceptors (Lipinski definition) is 6. The fraction of sp³-hybridized carbons (Fsp3) is 0.231. The van der Waals surface area contributed by atoms with Crippen LogP contribution in [0.15, 0.2) is 33.5 Å². The third-order valence-corrected chi connectivity index (χ3v) is 2.81. The standard InChI is InChI=1S/C13H15N3O3/c1-7(2)12(17)10-5-8-3-4-9(16(14)15)6-11(8)19-13(10)18/h3-7H,14-15H2,1-2H3. The topological polar surface area (TPSA) is 103 Å². The molecule has 6 heteroatoms. The number of Topliss-reactive ketones (excluding diaryl/α,β-unsaturated/α-hetero) is 1. The molecule has 0 saturated carbocycles. The molecule has 2 rings (SSSR count). The van der Waals surface area contributed by atoms with E-state index in [4.69, 9.17) is 16.1 Å². The van der Waals surface area contributed by atoms with E-state index >= 15 is 0 Å². The van der Waals surface area contributed by atoms with Gasteiger partial charge in [0.25, 0.3) is 0 Å². The molecule has 100 valence electrons. The third-order valence-electron chi connectivity index (χ3n) is 2.81. The molecule has 6 nitrogen and oxygen atoms in total. The second-order valence-corrected chi connectivity index (χ2v) is 4.60. The lowest BCUT2D eigenvalue weighted by Crippen LogP contribution is -2.37. The summed E-state index contributed by atoms with van der Waals surface area (Å²) in [4.78, 5) is 23.7. The fourth-order valence-corrected chi connectivity index (χ4v) is 1.74. The van der Waals surface area contributed by atoms with E-state index in [-0.39, 0.29) is 17.3 Å². The highest BCUT2D eigenvalue weighted by Gasteiger charge is 2.16. The number of hydrazine groups is 2. The Bertz CT molecular complexity index is 689. The Morgan fingerprint density at radius 3 is 2.53 bits per heavy atom. The van der Waals surface area contributed by atoms with Crippen molar-refractivity contribution in [2.75, 3.05) is 5.12 Å². The zero-order chi connectivity index (χ0) is 14.2. The molecule has 0 amide bonds. The van der Waals surface area contributed by atoms with Crippen molar-refractivity contribution >= 4 is 22.4 Å². The van der Waals surface area contributed by atoms with Crippen molar-refractivity contribution in [1.82, 2.24) is 0 Å². The van der Waals surface area contributed by atoms with Crippen LogP contribution in [-0.4, -0.2) is 5.78 Å². The van der Waals surface area contributed by atoms with E-state index in [1.54, 1.807) is 32.0 Å². The van der Waals surface area contributed by atoms with Gasteiger partial charge in [-0.2, -0.15) is 0 Å². The van der Waals surface area contributed by atoms with Crippen LogP contribution in [-0.2, 0) is 0 Å². The summed E-state index contributed by atoms with van der Waals surface area (Å²) in [5, 5.41) is 1.57. The number of anilines is 1. The van der Waals surface area contributed by atoms with E-state index in [0.29, 0.717) is 16.7 Å². The average molecular weight is 261 g/mol. The Morgan fingerprint density at radius 1 is 1.26 bits per heavy atom. The molecule has 1 aromatic carbocycles. The number of rotatable bonds is 3. The summed E-state index contributed by atoms with van der Waals surface area (Å²) in [5.41, 5.74) is 0.249. The van der Waals surface area contributed by atoms with Gasteiger partial charge in [0.05, 0.1) is 5.69 Å². The lowest BCUT2D eigenvalue weighted by molar-refractivity contribution is 0.0936. The molecule has 1 aromatic heterocycles. The van der Waals surface area contributed by atoms with Crippen LogP contribution in [0.2, 0.25) is 0 Å². The number of carbonyl (C=O) groups excluding carboxylic acids is 1. The first-order valence-corrected chi connectivity index (χ1v) is 5.82. The number of fused-ring (bicyclic) bond motifs is 1. The van der Waals surface area contributed by atoms with E-state index < -0.39 is 5.63 Å². The molecule has 1 heterocycles. The van der Waals surface area contributed by atoms with Crippen molar-refractivity contribution in [2.45, 2.75) is 13.8 Å². The normalized spacial score (nSPS) is 11.0. The highest BCUT2D eigenvalue weighted by Crippen LogP contribution is 2.20.